The van der Waals surface area contributed by atoms with E-state index in [1.54, 1.807) is 12.3 Å². The molecule has 0 unspecified atom stereocenters. The number of benzene rings is 2. The monoisotopic (exact) mass is 306 g/mol. The second-order valence-corrected chi connectivity index (χ2v) is 5.43. The molecule has 2 N–H and O–H groups in total. The number of aromatic nitrogens is 1. The van der Waals surface area contributed by atoms with Crippen LogP contribution < -0.4 is 10.9 Å². The fourth-order valence-electron chi connectivity index (χ4n) is 2.72. The number of nitrogens with one attached hydrogen (secondary N) is 2. The second-order valence-electron chi connectivity index (χ2n) is 5.43. The topological polar surface area (TPSA) is 62.0 Å². The molecule has 0 fully saturated rings. The van der Waals surface area contributed by atoms with E-state index in [1.165, 1.54) is 0 Å². The SMILES string of the molecule is CCNC(=O)c1cccc(Cc2c[nH]c(=O)c3ccccc23)c1. The van der Waals surface area contributed by atoms with Crippen molar-refractivity contribution in [2.24, 2.45) is 0 Å². The molecule has 0 aliphatic rings. The summed E-state index contributed by atoms with van der Waals surface area (Å²) < 4.78 is 0. The van der Waals surface area contributed by atoms with Gasteiger partial charge < -0.3 is 10.3 Å². The smallest absolute Gasteiger partial charge is 0.255 e. The minimum Gasteiger partial charge on any atom is -0.352 e. The number of H-pyrrole nitrogens is 1. The Morgan fingerprint density at radius 1 is 1.09 bits per heavy atom. The summed E-state index contributed by atoms with van der Waals surface area (Å²) in [5.41, 5.74) is 2.64. The molecule has 0 bridgehead atoms. The normalized spacial score (nSPS) is 10.7. The zero-order valence-corrected chi connectivity index (χ0v) is 12.9. The van der Waals surface area contributed by atoms with E-state index < -0.39 is 0 Å². The zero-order chi connectivity index (χ0) is 16.2. The molecule has 0 aliphatic carbocycles. The first-order chi connectivity index (χ1) is 11.2. The summed E-state index contributed by atoms with van der Waals surface area (Å²) in [6.45, 7) is 2.50. The molecule has 0 aliphatic heterocycles. The number of carbonyl (C=O) groups is 1. The number of hydrogen-bond acceptors (Lipinski definition) is 2. The Bertz CT molecular complexity index is 912. The van der Waals surface area contributed by atoms with E-state index in [4.69, 9.17) is 0 Å². The second kappa shape index (κ2) is 6.48. The van der Waals surface area contributed by atoms with Gasteiger partial charge in [0.15, 0.2) is 0 Å². The minimum absolute atomic E-state index is 0.0688. The van der Waals surface area contributed by atoms with Crippen LogP contribution in [-0.2, 0) is 6.42 Å². The maximum absolute atomic E-state index is 11.9. The van der Waals surface area contributed by atoms with Gasteiger partial charge in [-0.3, -0.25) is 9.59 Å². The van der Waals surface area contributed by atoms with E-state index in [2.05, 4.69) is 10.3 Å². The molecule has 1 heterocycles. The van der Waals surface area contributed by atoms with Crippen molar-refractivity contribution in [1.29, 1.82) is 0 Å². The molecule has 3 rings (SSSR count). The summed E-state index contributed by atoms with van der Waals surface area (Å²) in [4.78, 5) is 26.6. The quantitative estimate of drug-likeness (QED) is 0.778. The van der Waals surface area contributed by atoms with E-state index in [0.717, 1.165) is 16.5 Å². The molecule has 23 heavy (non-hydrogen) atoms. The van der Waals surface area contributed by atoms with E-state index >= 15 is 0 Å². The molecule has 1 aromatic heterocycles. The highest BCUT2D eigenvalue weighted by Gasteiger charge is 2.08. The van der Waals surface area contributed by atoms with Crippen molar-refractivity contribution < 1.29 is 4.79 Å². The summed E-state index contributed by atoms with van der Waals surface area (Å²) in [6, 6.07) is 15.1. The molecule has 0 saturated heterocycles. The highest BCUT2D eigenvalue weighted by molar-refractivity contribution is 5.94. The predicted molar refractivity (Wildman–Crippen MR) is 91.8 cm³/mol. The van der Waals surface area contributed by atoms with Gasteiger partial charge in [0.05, 0.1) is 0 Å². The molecule has 0 atom stereocenters. The van der Waals surface area contributed by atoms with Gasteiger partial charge in [-0.1, -0.05) is 30.3 Å². The molecule has 116 valence electrons. The number of rotatable bonds is 4. The van der Waals surface area contributed by atoms with Crippen molar-refractivity contribution in [3.8, 4) is 0 Å². The number of pyridine rings is 1. The molecule has 0 saturated carbocycles. The number of fused-ring (bicyclic) bond motifs is 1. The van der Waals surface area contributed by atoms with Gasteiger partial charge in [0, 0.05) is 23.7 Å². The number of carbonyl (C=O) groups excluding carboxylic acids is 1. The van der Waals surface area contributed by atoms with Gasteiger partial charge in [0.25, 0.3) is 11.5 Å². The van der Waals surface area contributed by atoms with Crippen LogP contribution in [0.5, 0.6) is 0 Å². The fraction of sp³-hybridized carbons (Fsp3) is 0.158. The number of amides is 1. The van der Waals surface area contributed by atoms with Crippen LogP contribution in [0.1, 0.15) is 28.4 Å². The molecule has 3 aromatic rings. The van der Waals surface area contributed by atoms with Crippen LogP contribution in [0.15, 0.2) is 59.5 Å². The van der Waals surface area contributed by atoms with Gasteiger partial charge in [0.1, 0.15) is 0 Å². The molecule has 4 heteroatoms. The maximum Gasteiger partial charge on any atom is 0.255 e. The third-order valence-electron chi connectivity index (χ3n) is 3.82. The van der Waals surface area contributed by atoms with Crippen molar-refractivity contribution in [1.82, 2.24) is 10.3 Å². The van der Waals surface area contributed by atoms with Crippen LogP contribution in [0.3, 0.4) is 0 Å². The lowest BCUT2D eigenvalue weighted by atomic mass is 9.99. The lowest BCUT2D eigenvalue weighted by molar-refractivity contribution is 0.0955. The Morgan fingerprint density at radius 2 is 1.87 bits per heavy atom. The average molecular weight is 306 g/mol. The van der Waals surface area contributed by atoms with Crippen LogP contribution in [0.25, 0.3) is 10.8 Å². The third-order valence-corrected chi connectivity index (χ3v) is 3.82. The standard InChI is InChI=1S/C19H18N2O2/c1-2-20-18(22)14-7-5-6-13(10-14)11-15-12-21-19(23)17-9-4-3-8-16(15)17/h3-10,12H,2,11H2,1H3,(H,20,22)(H,21,23). The summed E-state index contributed by atoms with van der Waals surface area (Å²) in [5.74, 6) is -0.0688. The van der Waals surface area contributed by atoms with Gasteiger partial charge >= 0.3 is 0 Å². The van der Waals surface area contributed by atoms with Gasteiger partial charge in [-0.2, -0.15) is 0 Å². The van der Waals surface area contributed by atoms with Crippen LogP contribution in [0.4, 0.5) is 0 Å². The van der Waals surface area contributed by atoms with E-state index in [9.17, 15) is 9.59 Å². The van der Waals surface area contributed by atoms with Crippen LogP contribution in [0, 0.1) is 0 Å². The Morgan fingerprint density at radius 3 is 2.65 bits per heavy atom. The summed E-state index contributed by atoms with van der Waals surface area (Å²) in [6.07, 6.45) is 2.41. The van der Waals surface area contributed by atoms with Gasteiger partial charge in [-0.15, -0.1) is 0 Å². The molecule has 2 aromatic carbocycles. The van der Waals surface area contributed by atoms with Crippen molar-refractivity contribution in [2.75, 3.05) is 6.54 Å². The first kappa shape index (κ1) is 15.0. The van der Waals surface area contributed by atoms with E-state index in [-0.39, 0.29) is 11.5 Å². The van der Waals surface area contributed by atoms with Crippen LogP contribution in [-0.4, -0.2) is 17.4 Å². The first-order valence-corrected chi connectivity index (χ1v) is 7.65. The Hall–Kier alpha value is -2.88. The average Bonchev–Trinajstić information content (AvgIpc) is 2.58. The summed E-state index contributed by atoms with van der Waals surface area (Å²) in [7, 11) is 0. The fourth-order valence-corrected chi connectivity index (χ4v) is 2.72. The molecule has 4 nitrogen and oxygen atoms in total. The molecular formula is C19H18N2O2. The molecular weight excluding hydrogens is 288 g/mol. The van der Waals surface area contributed by atoms with E-state index in [1.807, 2.05) is 49.4 Å². The first-order valence-electron chi connectivity index (χ1n) is 7.65. The highest BCUT2D eigenvalue weighted by Crippen LogP contribution is 2.18. The van der Waals surface area contributed by atoms with E-state index in [0.29, 0.717) is 23.9 Å². The zero-order valence-electron chi connectivity index (χ0n) is 12.9. The molecule has 0 radical (unpaired) electrons. The maximum atomic E-state index is 11.9. The Labute approximate surface area is 134 Å². The Kier molecular flexibility index (Phi) is 4.24. The molecule has 0 spiro atoms. The van der Waals surface area contributed by atoms with Crippen molar-refractivity contribution >= 4 is 16.7 Å². The number of aromatic amines is 1. The van der Waals surface area contributed by atoms with Crippen LogP contribution in [0.2, 0.25) is 0 Å². The van der Waals surface area contributed by atoms with Crippen molar-refractivity contribution in [3.05, 3.63) is 81.8 Å². The van der Waals surface area contributed by atoms with Crippen molar-refractivity contribution in [3.63, 3.8) is 0 Å². The molecule has 1 amide bonds. The number of hydrogen-bond donors (Lipinski definition) is 2. The third kappa shape index (κ3) is 3.16. The lowest BCUT2D eigenvalue weighted by Crippen LogP contribution is -2.22. The van der Waals surface area contributed by atoms with Gasteiger partial charge in [-0.05, 0) is 48.1 Å². The lowest BCUT2D eigenvalue weighted by Gasteiger charge is -2.08. The Balaban J connectivity index is 1.97. The summed E-state index contributed by atoms with van der Waals surface area (Å²) >= 11 is 0. The van der Waals surface area contributed by atoms with Gasteiger partial charge in [-0.25, -0.2) is 0 Å². The highest BCUT2D eigenvalue weighted by atomic mass is 16.1. The predicted octanol–water partition coefficient (Wildman–Crippen LogP) is 2.87. The van der Waals surface area contributed by atoms with Crippen LogP contribution >= 0.6 is 0 Å². The largest absolute Gasteiger partial charge is 0.352 e. The van der Waals surface area contributed by atoms with Gasteiger partial charge in [0.2, 0.25) is 0 Å². The minimum atomic E-state index is -0.0829. The van der Waals surface area contributed by atoms with Crippen molar-refractivity contribution in [2.45, 2.75) is 13.3 Å². The summed E-state index contributed by atoms with van der Waals surface area (Å²) in [5, 5.41) is 4.43.